The molecule has 57 heavy (non-hydrogen) atoms. The number of rotatable bonds is 13. The van der Waals surface area contributed by atoms with E-state index in [1.54, 1.807) is 26.2 Å². The topological polar surface area (TPSA) is 146 Å². The lowest BCUT2D eigenvalue weighted by atomic mass is 9.33. The summed E-state index contributed by atoms with van der Waals surface area (Å²) in [6.07, 6.45) is 10.3. The maximum Gasteiger partial charge on any atom is 0.309 e. The Labute approximate surface area is 341 Å². The molecule has 316 valence electrons. The van der Waals surface area contributed by atoms with Crippen molar-refractivity contribution in [2.75, 3.05) is 19.6 Å². The molecular weight excluding hydrogens is 719 g/mol. The minimum Gasteiger partial charge on any atom is -0.481 e. The van der Waals surface area contributed by atoms with Gasteiger partial charge >= 0.3 is 11.9 Å². The smallest absolute Gasteiger partial charge is 0.309 e. The number of aliphatic carboxylic acids is 1. The molecule has 1 aromatic rings. The molecule has 10 nitrogen and oxygen atoms in total. The number of hydrogen-bond acceptors (Lipinski definition) is 8. The quantitative estimate of drug-likeness (QED) is 0.171. The average Bonchev–Trinajstić information content (AvgIpc) is 3.43. The fraction of sp³-hybridized carbons (Fsp3) is 0.766. The highest BCUT2D eigenvalue weighted by atomic mass is 16.5. The Balaban J connectivity index is 1.28. The molecule has 5 aliphatic rings. The lowest BCUT2D eigenvalue weighted by Crippen LogP contribution is -2.66. The number of ether oxygens (including phenoxy) is 1. The van der Waals surface area contributed by atoms with E-state index < -0.39 is 28.9 Å². The van der Waals surface area contributed by atoms with Gasteiger partial charge in [0.05, 0.1) is 17.9 Å². The summed E-state index contributed by atoms with van der Waals surface area (Å²) in [6, 6.07) is 3.97. The molecule has 0 saturated heterocycles. The second kappa shape index (κ2) is 15.5. The van der Waals surface area contributed by atoms with Gasteiger partial charge in [-0.05, 0) is 128 Å². The first kappa shape index (κ1) is 43.5. The molecular formula is C47H71N3O7. The fourth-order valence-corrected chi connectivity index (χ4v) is 13.7. The minimum atomic E-state index is -1.18. The van der Waals surface area contributed by atoms with E-state index in [9.17, 15) is 29.4 Å². The number of aromatic nitrogens is 1. The summed E-state index contributed by atoms with van der Waals surface area (Å²) < 4.78 is 6.18. The normalized spacial score (nSPS) is 35.2. The van der Waals surface area contributed by atoms with E-state index >= 15 is 0 Å². The molecule has 3 N–H and O–H groups in total. The second-order valence-corrected chi connectivity index (χ2v) is 21.1. The highest BCUT2D eigenvalue weighted by Gasteiger charge is 2.71. The van der Waals surface area contributed by atoms with E-state index in [0.29, 0.717) is 44.4 Å². The fourth-order valence-electron chi connectivity index (χ4n) is 13.7. The molecule has 0 unspecified atom stereocenters. The van der Waals surface area contributed by atoms with Crippen LogP contribution in [-0.4, -0.2) is 75.6 Å². The third-order valence-corrected chi connectivity index (χ3v) is 16.9. The summed E-state index contributed by atoms with van der Waals surface area (Å²) in [5.74, 6) is -0.256. The number of aliphatic hydroxyl groups excluding tert-OH is 1. The summed E-state index contributed by atoms with van der Waals surface area (Å²) >= 11 is 0. The average molecular weight is 790 g/mol. The lowest BCUT2D eigenvalue weighted by Gasteiger charge is -2.72. The van der Waals surface area contributed by atoms with Crippen LogP contribution < -0.4 is 5.32 Å². The molecule has 0 radical (unpaired) electrons. The van der Waals surface area contributed by atoms with Gasteiger partial charge in [-0.2, -0.15) is 0 Å². The summed E-state index contributed by atoms with van der Waals surface area (Å²) in [4.78, 5) is 57.4. The molecule has 6 rings (SSSR count). The van der Waals surface area contributed by atoms with Gasteiger partial charge in [0.15, 0.2) is 5.78 Å². The zero-order valence-corrected chi connectivity index (χ0v) is 36.5. The van der Waals surface area contributed by atoms with E-state index in [2.05, 4.69) is 63.7 Å². The van der Waals surface area contributed by atoms with Crippen molar-refractivity contribution in [2.45, 2.75) is 152 Å². The van der Waals surface area contributed by atoms with Crippen LogP contribution in [0.25, 0.3) is 0 Å². The molecule has 0 bridgehead atoms. The lowest BCUT2D eigenvalue weighted by molar-refractivity contribution is -0.235. The largest absolute Gasteiger partial charge is 0.481 e. The Bertz CT molecular complexity index is 1760. The number of hydrogen-bond donors (Lipinski definition) is 3. The molecule has 4 fully saturated rings. The Morgan fingerprint density at radius 3 is 2.28 bits per heavy atom. The van der Waals surface area contributed by atoms with Crippen molar-refractivity contribution in [2.24, 2.45) is 56.2 Å². The van der Waals surface area contributed by atoms with Gasteiger partial charge in [-0.25, -0.2) is 0 Å². The zero-order valence-electron chi connectivity index (χ0n) is 36.5. The van der Waals surface area contributed by atoms with Crippen LogP contribution in [0.4, 0.5) is 0 Å². The number of ketones is 1. The number of allylic oxidation sites excluding steroid dienone is 1. The molecule has 1 aromatic heterocycles. The maximum atomic E-state index is 14.3. The number of carbonyl (C=O) groups is 4. The number of amides is 1. The van der Waals surface area contributed by atoms with E-state index in [0.717, 1.165) is 62.5 Å². The van der Waals surface area contributed by atoms with Crippen LogP contribution in [0.5, 0.6) is 0 Å². The van der Waals surface area contributed by atoms with Gasteiger partial charge in [-0.3, -0.25) is 29.1 Å². The Hall–Kier alpha value is -3.11. The van der Waals surface area contributed by atoms with E-state index in [-0.39, 0.29) is 57.7 Å². The first-order chi connectivity index (χ1) is 26.5. The van der Waals surface area contributed by atoms with Crippen LogP contribution >= 0.6 is 0 Å². The van der Waals surface area contributed by atoms with Gasteiger partial charge in [-0.15, -0.1) is 0 Å². The van der Waals surface area contributed by atoms with E-state index in [4.69, 9.17) is 4.74 Å². The standard InChI is InChI=1S/C47H71N3O7/c1-29(2)39-33(52)25-47(36(53)28-50(24-23-49-30(3)51)27-31-15-21-48-22-16-31)20-19-45(9)32(40(39)47)11-12-35-44(8)17-14-37(57-38(54)26-42(4,5)41(55)56)43(6,7)34(44)13-18-46(35,45)10/h15-16,21-22,29,32,34-37,53H,11-14,17-20,23-28H2,1-10H3,(H,49,51)(H,55,56)/t32-,34+,35-,36+,37-,44+,45-,46-,47+/m1/s1. The molecule has 10 heteroatoms. The first-order valence-electron chi connectivity index (χ1n) is 21.8. The Kier molecular flexibility index (Phi) is 11.8. The number of nitrogens with zero attached hydrogens (tertiary/aromatic N) is 2. The molecule has 4 saturated carbocycles. The maximum absolute atomic E-state index is 14.3. The highest BCUT2D eigenvalue weighted by Crippen LogP contribution is 2.77. The van der Waals surface area contributed by atoms with Crippen molar-refractivity contribution in [3.8, 4) is 0 Å². The molecule has 1 heterocycles. The van der Waals surface area contributed by atoms with Gasteiger partial charge in [0, 0.05) is 62.7 Å². The summed E-state index contributed by atoms with van der Waals surface area (Å²) in [5.41, 5.74) is 1.21. The van der Waals surface area contributed by atoms with E-state index in [1.807, 2.05) is 12.1 Å². The SMILES string of the molecule is CC(=O)NCCN(Cc1ccncc1)C[C@H](O)[C@@]12CC[C@]3(C)[C@H](CC[C@@H]4[C@@]5(C)CC[C@@H](OC(=O)CC(C)(C)C(=O)O)C(C)(C)[C@@H]5CC[C@]43C)C1=C(C(C)C)C(=O)C2. The number of aliphatic hydroxyl groups is 1. The number of pyridine rings is 1. The van der Waals surface area contributed by atoms with Crippen molar-refractivity contribution in [1.82, 2.24) is 15.2 Å². The summed E-state index contributed by atoms with van der Waals surface area (Å²) in [6.45, 7) is 23.1. The third kappa shape index (κ3) is 7.42. The van der Waals surface area contributed by atoms with Gasteiger partial charge in [-0.1, -0.05) is 54.0 Å². The molecule has 1 amide bonds. The molecule has 5 aliphatic carbocycles. The van der Waals surface area contributed by atoms with Crippen LogP contribution in [-0.2, 0) is 30.5 Å². The third-order valence-electron chi connectivity index (χ3n) is 16.9. The van der Waals surface area contributed by atoms with Gasteiger partial charge in [0.1, 0.15) is 6.10 Å². The molecule has 0 aromatic carbocycles. The molecule has 0 spiro atoms. The number of carboxylic acids is 1. The molecule has 0 aliphatic heterocycles. The zero-order chi connectivity index (χ0) is 41.9. The number of fused-ring (bicyclic) bond motifs is 7. The van der Waals surface area contributed by atoms with Crippen molar-refractivity contribution in [3.05, 3.63) is 41.2 Å². The minimum absolute atomic E-state index is 0.00977. The molecule has 9 atom stereocenters. The van der Waals surface area contributed by atoms with Crippen molar-refractivity contribution >= 4 is 23.6 Å². The van der Waals surface area contributed by atoms with E-state index in [1.165, 1.54) is 12.5 Å². The summed E-state index contributed by atoms with van der Waals surface area (Å²) in [7, 11) is 0. The number of Topliss-reactive ketones (excluding diaryl/α,β-unsaturated/α-hetero) is 1. The van der Waals surface area contributed by atoms with Gasteiger partial charge < -0.3 is 20.3 Å². The van der Waals surface area contributed by atoms with Crippen LogP contribution in [0.1, 0.15) is 139 Å². The van der Waals surface area contributed by atoms with Crippen LogP contribution in [0.15, 0.2) is 35.7 Å². The van der Waals surface area contributed by atoms with Crippen molar-refractivity contribution < 1.29 is 34.1 Å². The Morgan fingerprint density at radius 2 is 1.65 bits per heavy atom. The number of carboxylic acid groups (broad SMARTS) is 1. The van der Waals surface area contributed by atoms with Crippen molar-refractivity contribution in [3.63, 3.8) is 0 Å². The predicted molar refractivity (Wildman–Crippen MR) is 220 cm³/mol. The Morgan fingerprint density at radius 1 is 0.965 bits per heavy atom. The monoisotopic (exact) mass is 790 g/mol. The van der Waals surface area contributed by atoms with Gasteiger partial charge in [0.25, 0.3) is 0 Å². The first-order valence-corrected chi connectivity index (χ1v) is 21.8. The van der Waals surface area contributed by atoms with Crippen LogP contribution in [0, 0.1) is 56.2 Å². The second-order valence-electron chi connectivity index (χ2n) is 21.1. The van der Waals surface area contributed by atoms with Gasteiger partial charge in [0.2, 0.25) is 5.91 Å². The van der Waals surface area contributed by atoms with Crippen LogP contribution in [0.3, 0.4) is 0 Å². The predicted octanol–water partition coefficient (Wildman–Crippen LogP) is 7.77. The van der Waals surface area contributed by atoms with Crippen molar-refractivity contribution in [1.29, 1.82) is 0 Å². The number of esters is 1. The highest BCUT2D eigenvalue weighted by molar-refractivity contribution is 6.00. The number of nitrogens with one attached hydrogen (secondary N) is 1. The van der Waals surface area contributed by atoms with Crippen LogP contribution in [0.2, 0.25) is 0 Å². The summed E-state index contributed by atoms with van der Waals surface area (Å²) in [5, 5.41) is 25.2. The number of carbonyl (C=O) groups excluding carboxylic acids is 3.